The van der Waals surface area contributed by atoms with Crippen molar-refractivity contribution in [3.05, 3.63) is 53.9 Å². The van der Waals surface area contributed by atoms with E-state index in [0.29, 0.717) is 5.56 Å². The normalized spacial score (nSPS) is 10.0. The van der Waals surface area contributed by atoms with Crippen LogP contribution >= 0.6 is 0 Å². The Labute approximate surface area is 101 Å². The molecule has 0 aliphatic carbocycles. The second-order valence-electron chi connectivity index (χ2n) is 3.80. The highest BCUT2D eigenvalue weighted by Crippen LogP contribution is 2.24. The molecule has 0 aliphatic heterocycles. The standard InChI is InChI=1S/C14H14N2O/c1-10-12(11-5-4-8-16-9-11)6-3-7-13(10)14(17)15-2/h3-9H,1-2H3,(H,15,17). The van der Waals surface area contributed by atoms with E-state index in [1.165, 1.54) is 0 Å². The predicted molar refractivity (Wildman–Crippen MR) is 67.8 cm³/mol. The third-order valence-corrected chi connectivity index (χ3v) is 2.78. The van der Waals surface area contributed by atoms with Crippen molar-refractivity contribution in [3.8, 4) is 11.1 Å². The Balaban J connectivity index is 2.54. The third-order valence-electron chi connectivity index (χ3n) is 2.78. The smallest absolute Gasteiger partial charge is 0.251 e. The molecule has 1 aromatic heterocycles. The van der Waals surface area contributed by atoms with Crippen molar-refractivity contribution in [1.82, 2.24) is 10.3 Å². The molecule has 0 spiro atoms. The first-order chi connectivity index (χ1) is 8.24. The van der Waals surface area contributed by atoms with Crippen LogP contribution in [0.3, 0.4) is 0 Å². The van der Waals surface area contributed by atoms with Crippen LogP contribution in [0.2, 0.25) is 0 Å². The van der Waals surface area contributed by atoms with Crippen LogP contribution in [-0.2, 0) is 0 Å². The average Bonchev–Trinajstić information content (AvgIpc) is 2.39. The molecule has 2 aromatic rings. The highest BCUT2D eigenvalue weighted by Gasteiger charge is 2.10. The van der Waals surface area contributed by atoms with Crippen molar-refractivity contribution in [2.75, 3.05) is 7.05 Å². The van der Waals surface area contributed by atoms with E-state index in [2.05, 4.69) is 10.3 Å². The molecule has 1 aromatic carbocycles. The molecule has 0 atom stereocenters. The number of benzene rings is 1. The van der Waals surface area contributed by atoms with E-state index in [1.807, 2.05) is 37.3 Å². The topological polar surface area (TPSA) is 42.0 Å². The lowest BCUT2D eigenvalue weighted by Gasteiger charge is -2.10. The van der Waals surface area contributed by atoms with E-state index in [1.54, 1.807) is 19.4 Å². The molecule has 2 rings (SSSR count). The van der Waals surface area contributed by atoms with Crippen molar-refractivity contribution in [2.45, 2.75) is 6.92 Å². The molecule has 17 heavy (non-hydrogen) atoms. The first-order valence-electron chi connectivity index (χ1n) is 5.46. The Bertz CT molecular complexity index is 535. The minimum atomic E-state index is -0.0618. The van der Waals surface area contributed by atoms with E-state index in [0.717, 1.165) is 16.7 Å². The minimum Gasteiger partial charge on any atom is -0.355 e. The first kappa shape index (κ1) is 11.3. The van der Waals surface area contributed by atoms with E-state index in [4.69, 9.17) is 0 Å². The van der Waals surface area contributed by atoms with Crippen LogP contribution in [0.4, 0.5) is 0 Å². The van der Waals surface area contributed by atoms with Gasteiger partial charge in [-0.05, 0) is 30.2 Å². The summed E-state index contributed by atoms with van der Waals surface area (Å²) in [7, 11) is 1.64. The van der Waals surface area contributed by atoms with Crippen molar-refractivity contribution < 1.29 is 4.79 Å². The van der Waals surface area contributed by atoms with Gasteiger partial charge >= 0.3 is 0 Å². The van der Waals surface area contributed by atoms with Crippen LogP contribution in [0.15, 0.2) is 42.7 Å². The molecular formula is C14H14N2O. The van der Waals surface area contributed by atoms with Gasteiger partial charge in [0.1, 0.15) is 0 Å². The molecule has 3 nitrogen and oxygen atoms in total. The number of hydrogen-bond acceptors (Lipinski definition) is 2. The molecule has 0 saturated carbocycles. The molecule has 0 bridgehead atoms. The van der Waals surface area contributed by atoms with Gasteiger partial charge in [-0.3, -0.25) is 9.78 Å². The number of carbonyl (C=O) groups is 1. The van der Waals surface area contributed by atoms with Crippen LogP contribution in [0, 0.1) is 6.92 Å². The van der Waals surface area contributed by atoms with Crippen molar-refractivity contribution in [1.29, 1.82) is 0 Å². The first-order valence-corrected chi connectivity index (χ1v) is 5.46. The maximum absolute atomic E-state index is 11.7. The summed E-state index contributed by atoms with van der Waals surface area (Å²) in [6, 6.07) is 9.59. The van der Waals surface area contributed by atoms with Gasteiger partial charge in [0.2, 0.25) is 0 Å². The Morgan fingerprint density at radius 2 is 2.06 bits per heavy atom. The van der Waals surface area contributed by atoms with Gasteiger partial charge in [0.15, 0.2) is 0 Å². The van der Waals surface area contributed by atoms with Crippen LogP contribution in [0.1, 0.15) is 15.9 Å². The van der Waals surface area contributed by atoms with E-state index >= 15 is 0 Å². The molecule has 1 N–H and O–H groups in total. The van der Waals surface area contributed by atoms with Crippen LogP contribution in [-0.4, -0.2) is 17.9 Å². The lowest BCUT2D eigenvalue weighted by atomic mass is 9.97. The Morgan fingerprint density at radius 1 is 1.24 bits per heavy atom. The molecule has 1 heterocycles. The van der Waals surface area contributed by atoms with E-state index in [9.17, 15) is 4.79 Å². The summed E-state index contributed by atoms with van der Waals surface area (Å²) >= 11 is 0. The summed E-state index contributed by atoms with van der Waals surface area (Å²) in [5.74, 6) is -0.0618. The van der Waals surface area contributed by atoms with Gasteiger partial charge in [0.25, 0.3) is 5.91 Å². The molecule has 0 fully saturated rings. The average molecular weight is 226 g/mol. The summed E-state index contributed by atoms with van der Waals surface area (Å²) in [6.45, 7) is 1.95. The van der Waals surface area contributed by atoms with Crippen molar-refractivity contribution >= 4 is 5.91 Å². The van der Waals surface area contributed by atoms with E-state index in [-0.39, 0.29) is 5.91 Å². The lowest BCUT2D eigenvalue weighted by Crippen LogP contribution is -2.19. The quantitative estimate of drug-likeness (QED) is 0.854. The molecule has 3 heteroatoms. The van der Waals surface area contributed by atoms with E-state index < -0.39 is 0 Å². The number of hydrogen-bond donors (Lipinski definition) is 1. The number of carbonyl (C=O) groups excluding carboxylic acids is 1. The Kier molecular flexibility index (Phi) is 3.19. The summed E-state index contributed by atoms with van der Waals surface area (Å²) in [5.41, 5.74) is 3.74. The number of rotatable bonds is 2. The number of amides is 1. The fourth-order valence-corrected chi connectivity index (χ4v) is 1.85. The van der Waals surface area contributed by atoms with Gasteiger partial charge in [0, 0.05) is 30.6 Å². The minimum absolute atomic E-state index is 0.0618. The van der Waals surface area contributed by atoms with Gasteiger partial charge in [-0.1, -0.05) is 18.2 Å². The van der Waals surface area contributed by atoms with Crippen LogP contribution in [0.5, 0.6) is 0 Å². The summed E-state index contributed by atoms with van der Waals surface area (Å²) in [5, 5.41) is 2.65. The molecule has 0 saturated heterocycles. The SMILES string of the molecule is CNC(=O)c1cccc(-c2cccnc2)c1C. The summed E-state index contributed by atoms with van der Waals surface area (Å²) < 4.78 is 0. The highest BCUT2D eigenvalue weighted by molar-refractivity contribution is 5.97. The van der Waals surface area contributed by atoms with Crippen molar-refractivity contribution in [2.24, 2.45) is 0 Å². The molecular weight excluding hydrogens is 212 g/mol. The Morgan fingerprint density at radius 3 is 2.71 bits per heavy atom. The third kappa shape index (κ3) is 2.18. The van der Waals surface area contributed by atoms with Crippen LogP contribution < -0.4 is 5.32 Å². The number of aromatic nitrogens is 1. The molecule has 0 aliphatic rings. The maximum atomic E-state index is 11.7. The van der Waals surface area contributed by atoms with Gasteiger partial charge in [-0.15, -0.1) is 0 Å². The fourth-order valence-electron chi connectivity index (χ4n) is 1.85. The molecule has 86 valence electrons. The number of nitrogens with zero attached hydrogens (tertiary/aromatic N) is 1. The van der Waals surface area contributed by atoms with Crippen LogP contribution in [0.25, 0.3) is 11.1 Å². The highest BCUT2D eigenvalue weighted by atomic mass is 16.1. The maximum Gasteiger partial charge on any atom is 0.251 e. The lowest BCUT2D eigenvalue weighted by molar-refractivity contribution is 0.0962. The largest absolute Gasteiger partial charge is 0.355 e. The Hall–Kier alpha value is -2.16. The zero-order valence-corrected chi connectivity index (χ0v) is 9.90. The number of nitrogens with one attached hydrogen (secondary N) is 1. The van der Waals surface area contributed by atoms with Gasteiger partial charge in [-0.2, -0.15) is 0 Å². The van der Waals surface area contributed by atoms with Crippen molar-refractivity contribution in [3.63, 3.8) is 0 Å². The molecule has 1 amide bonds. The monoisotopic (exact) mass is 226 g/mol. The zero-order valence-electron chi connectivity index (χ0n) is 9.90. The zero-order chi connectivity index (χ0) is 12.3. The van der Waals surface area contributed by atoms with Gasteiger partial charge in [-0.25, -0.2) is 0 Å². The summed E-state index contributed by atoms with van der Waals surface area (Å²) in [6.07, 6.45) is 3.54. The predicted octanol–water partition coefficient (Wildman–Crippen LogP) is 2.42. The van der Waals surface area contributed by atoms with Gasteiger partial charge < -0.3 is 5.32 Å². The molecule has 0 radical (unpaired) electrons. The summed E-state index contributed by atoms with van der Waals surface area (Å²) in [4.78, 5) is 15.8. The number of pyridine rings is 1. The fraction of sp³-hybridized carbons (Fsp3) is 0.143. The second kappa shape index (κ2) is 4.78. The van der Waals surface area contributed by atoms with Gasteiger partial charge in [0.05, 0.1) is 0 Å². The second-order valence-corrected chi connectivity index (χ2v) is 3.80. The molecule has 0 unspecified atom stereocenters.